The van der Waals surface area contributed by atoms with Crippen LogP contribution in [0.15, 0.2) is 23.1 Å². The largest absolute Gasteiger partial charge is 0.397 e. The first-order chi connectivity index (χ1) is 9.47. The van der Waals surface area contributed by atoms with Crippen molar-refractivity contribution >= 4 is 21.4 Å². The van der Waals surface area contributed by atoms with Gasteiger partial charge in [-0.3, -0.25) is 0 Å². The Bertz CT molecular complexity index is 574. The molecule has 0 aromatic heterocycles. The predicted octanol–water partition coefficient (Wildman–Crippen LogP) is 0.792. The SMILES string of the molecule is CNS(=O)(=O)c1ccc(N2CCCC(OC)C2)c(N)c1. The molecule has 3 N–H and O–H groups in total. The molecule has 1 fully saturated rings. The van der Waals surface area contributed by atoms with Crippen molar-refractivity contribution in [2.45, 2.75) is 23.8 Å². The van der Waals surface area contributed by atoms with Crippen LogP contribution >= 0.6 is 0 Å². The monoisotopic (exact) mass is 299 g/mol. The lowest BCUT2D eigenvalue weighted by Gasteiger charge is -2.34. The number of methoxy groups -OCH3 is 1. The van der Waals surface area contributed by atoms with E-state index in [0.717, 1.165) is 31.6 Å². The third-order valence-electron chi connectivity index (χ3n) is 3.63. The van der Waals surface area contributed by atoms with Crippen molar-refractivity contribution in [2.24, 2.45) is 0 Å². The zero-order valence-corrected chi connectivity index (χ0v) is 12.6. The predicted molar refractivity (Wildman–Crippen MR) is 79.3 cm³/mol. The number of hydrogen-bond acceptors (Lipinski definition) is 5. The number of sulfonamides is 1. The molecule has 6 nitrogen and oxygen atoms in total. The van der Waals surface area contributed by atoms with E-state index in [0.29, 0.717) is 5.69 Å². The molecular formula is C13H21N3O3S. The minimum atomic E-state index is -3.46. The van der Waals surface area contributed by atoms with Gasteiger partial charge in [-0.1, -0.05) is 0 Å². The molecule has 1 aliphatic rings. The average molecular weight is 299 g/mol. The van der Waals surface area contributed by atoms with Crippen LogP contribution in [0.2, 0.25) is 0 Å². The Morgan fingerprint density at radius 1 is 1.45 bits per heavy atom. The van der Waals surface area contributed by atoms with Gasteiger partial charge in [0.05, 0.1) is 22.4 Å². The van der Waals surface area contributed by atoms with Crippen LogP contribution in [-0.2, 0) is 14.8 Å². The molecule has 0 amide bonds. The van der Waals surface area contributed by atoms with Gasteiger partial charge in [0.2, 0.25) is 10.0 Å². The minimum Gasteiger partial charge on any atom is -0.397 e. The molecule has 1 heterocycles. The highest BCUT2D eigenvalue weighted by Gasteiger charge is 2.22. The Morgan fingerprint density at radius 3 is 2.80 bits per heavy atom. The highest BCUT2D eigenvalue weighted by molar-refractivity contribution is 7.89. The molecule has 0 aliphatic carbocycles. The second kappa shape index (κ2) is 5.99. The molecule has 0 radical (unpaired) electrons. The number of ether oxygens (including phenoxy) is 1. The standard InChI is InChI=1S/C13H21N3O3S/c1-15-20(17,18)11-5-6-13(12(14)8-11)16-7-3-4-10(9-16)19-2/h5-6,8,10,15H,3-4,7,9,14H2,1-2H3. The van der Waals surface area contributed by atoms with E-state index >= 15 is 0 Å². The number of nitrogens with two attached hydrogens (primary N) is 1. The van der Waals surface area contributed by atoms with Gasteiger partial charge < -0.3 is 15.4 Å². The van der Waals surface area contributed by atoms with Crippen LogP contribution in [0.5, 0.6) is 0 Å². The number of rotatable bonds is 4. The highest BCUT2D eigenvalue weighted by Crippen LogP contribution is 2.29. The van der Waals surface area contributed by atoms with E-state index < -0.39 is 10.0 Å². The smallest absolute Gasteiger partial charge is 0.240 e. The maximum atomic E-state index is 11.7. The number of nitrogen functional groups attached to an aromatic ring is 1. The molecule has 1 aromatic carbocycles. The van der Waals surface area contributed by atoms with Gasteiger partial charge in [0, 0.05) is 20.2 Å². The molecule has 1 atom stereocenters. The Labute approximate surface area is 120 Å². The second-order valence-electron chi connectivity index (χ2n) is 4.87. The lowest BCUT2D eigenvalue weighted by Crippen LogP contribution is -2.39. The third kappa shape index (κ3) is 3.05. The Morgan fingerprint density at radius 2 is 2.20 bits per heavy atom. The van der Waals surface area contributed by atoms with Gasteiger partial charge in [0.25, 0.3) is 0 Å². The zero-order chi connectivity index (χ0) is 14.8. The topological polar surface area (TPSA) is 84.7 Å². The summed E-state index contributed by atoms with van der Waals surface area (Å²) in [7, 11) is -0.366. The molecule has 20 heavy (non-hydrogen) atoms. The van der Waals surface area contributed by atoms with Crippen LogP contribution in [0.4, 0.5) is 11.4 Å². The van der Waals surface area contributed by atoms with E-state index in [9.17, 15) is 8.42 Å². The van der Waals surface area contributed by atoms with Gasteiger partial charge in [0.1, 0.15) is 0 Å². The molecule has 0 spiro atoms. The first kappa shape index (κ1) is 15.1. The van der Waals surface area contributed by atoms with Gasteiger partial charge in [0.15, 0.2) is 0 Å². The van der Waals surface area contributed by atoms with E-state index in [1.165, 1.54) is 13.1 Å². The van der Waals surface area contributed by atoms with E-state index in [-0.39, 0.29) is 11.0 Å². The Kier molecular flexibility index (Phi) is 4.52. The summed E-state index contributed by atoms with van der Waals surface area (Å²) < 4.78 is 31.2. The summed E-state index contributed by atoms with van der Waals surface area (Å²) in [5.74, 6) is 0. The zero-order valence-electron chi connectivity index (χ0n) is 11.8. The van der Waals surface area contributed by atoms with Crippen LogP contribution < -0.4 is 15.4 Å². The number of piperidine rings is 1. The first-order valence-corrected chi connectivity index (χ1v) is 8.07. The van der Waals surface area contributed by atoms with Crippen molar-refractivity contribution in [3.05, 3.63) is 18.2 Å². The number of benzene rings is 1. The fourth-order valence-electron chi connectivity index (χ4n) is 2.45. The van der Waals surface area contributed by atoms with Gasteiger partial charge in [-0.05, 0) is 38.1 Å². The summed E-state index contributed by atoms with van der Waals surface area (Å²) >= 11 is 0. The van der Waals surface area contributed by atoms with Crippen molar-refractivity contribution < 1.29 is 13.2 Å². The number of nitrogens with zero attached hydrogens (tertiary/aromatic N) is 1. The number of nitrogens with one attached hydrogen (secondary N) is 1. The molecule has 7 heteroatoms. The molecule has 1 aliphatic heterocycles. The Balaban J connectivity index is 2.26. The first-order valence-electron chi connectivity index (χ1n) is 6.58. The third-order valence-corrected chi connectivity index (χ3v) is 5.04. The summed E-state index contributed by atoms with van der Waals surface area (Å²) in [5, 5.41) is 0. The van der Waals surface area contributed by atoms with Crippen LogP contribution in [0, 0.1) is 0 Å². The van der Waals surface area contributed by atoms with E-state index in [1.54, 1.807) is 19.2 Å². The van der Waals surface area contributed by atoms with Gasteiger partial charge in [-0.15, -0.1) is 0 Å². The van der Waals surface area contributed by atoms with Gasteiger partial charge in [-0.2, -0.15) is 0 Å². The molecule has 1 aromatic rings. The fourth-order valence-corrected chi connectivity index (χ4v) is 3.22. The molecule has 0 saturated carbocycles. The van der Waals surface area contributed by atoms with E-state index in [2.05, 4.69) is 9.62 Å². The van der Waals surface area contributed by atoms with E-state index in [4.69, 9.17) is 10.5 Å². The molecular weight excluding hydrogens is 278 g/mol. The molecule has 112 valence electrons. The van der Waals surface area contributed by atoms with Crippen molar-refractivity contribution in [1.82, 2.24) is 4.72 Å². The second-order valence-corrected chi connectivity index (χ2v) is 6.76. The van der Waals surface area contributed by atoms with Crippen molar-refractivity contribution in [3.63, 3.8) is 0 Å². The quantitative estimate of drug-likeness (QED) is 0.803. The summed E-state index contributed by atoms with van der Waals surface area (Å²) in [5.41, 5.74) is 7.35. The average Bonchev–Trinajstić information content (AvgIpc) is 2.47. The van der Waals surface area contributed by atoms with Crippen LogP contribution in [0.3, 0.4) is 0 Å². The highest BCUT2D eigenvalue weighted by atomic mass is 32.2. The molecule has 2 rings (SSSR count). The Hall–Kier alpha value is -1.31. The lowest BCUT2D eigenvalue weighted by molar-refractivity contribution is 0.0894. The minimum absolute atomic E-state index is 0.182. The van der Waals surface area contributed by atoms with E-state index in [1.807, 2.05) is 0 Å². The summed E-state index contributed by atoms with van der Waals surface area (Å²) in [6.07, 6.45) is 2.28. The molecule has 0 bridgehead atoms. The maximum absolute atomic E-state index is 11.7. The molecule has 1 unspecified atom stereocenters. The van der Waals surface area contributed by atoms with Crippen molar-refractivity contribution in [2.75, 3.05) is 37.9 Å². The summed E-state index contributed by atoms with van der Waals surface area (Å²) in [6, 6.07) is 4.84. The van der Waals surface area contributed by atoms with Crippen molar-refractivity contribution in [3.8, 4) is 0 Å². The van der Waals surface area contributed by atoms with Crippen LogP contribution in [0.1, 0.15) is 12.8 Å². The maximum Gasteiger partial charge on any atom is 0.240 e. The van der Waals surface area contributed by atoms with Crippen molar-refractivity contribution in [1.29, 1.82) is 0 Å². The van der Waals surface area contributed by atoms with Crippen LogP contribution in [-0.4, -0.2) is 41.8 Å². The summed E-state index contributed by atoms with van der Waals surface area (Å²) in [6.45, 7) is 1.68. The van der Waals surface area contributed by atoms with Crippen LogP contribution in [0.25, 0.3) is 0 Å². The van der Waals surface area contributed by atoms with Gasteiger partial charge >= 0.3 is 0 Å². The number of anilines is 2. The number of hydrogen-bond donors (Lipinski definition) is 2. The molecule has 1 saturated heterocycles. The normalized spacial score (nSPS) is 20.1. The van der Waals surface area contributed by atoms with Gasteiger partial charge in [-0.25, -0.2) is 13.1 Å². The fraction of sp³-hybridized carbons (Fsp3) is 0.538. The summed E-state index contributed by atoms with van der Waals surface area (Å²) in [4.78, 5) is 2.32. The lowest BCUT2D eigenvalue weighted by atomic mass is 10.1.